The fourth-order valence-electron chi connectivity index (χ4n) is 4.47. The summed E-state index contributed by atoms with van der Waals surface area (Å²) in [6, 6.07) is 10.2. The van der Waals surface area contributed by atoms with E-state index in [1.54, 1.807) is 47.3 Å². The highest BCUT2D eigenvalue weighted by atomic mass is 19.4. The minimum atomic E-state index is -4.91. The first-order chi connectivity index (χ1) is 17.4. The van der Waals surface area contributed by atoms with Crippen molar-refractivity contribution in [1.29, 1.82) is 0 Å². The lowest BCUT2D eigenvalue weighted by atomic mass is 10.0. The third-order valence-corrected chi connectivity index (χ3v) is 6.48. The molecule has 0 saturated heterocycles. The number of aromatic nitrogens is 2. The summed E-state index contributed by atoms with van der Waals surface area (Å²) in [5, 5.41) is 10.4. The summed E-state index contributed by atoms with van der Waals surface area (Å²) in [5.74, 6) is -0.698. The Hall–Kier alpha value is -3.82. The van der Waals surface area contributed by atoms with Crippen LogP contribution in [0.2, 0.25) is 0 Å². The largest absolute Gasteiger partial charge is 0.478 e. The number of benzene rings is 2. The number of nitrogens with zero attached hydrogens (tertiary/aromatic N) is 2. The molecule has 0 radical (unpaired) electrons. The second-order valence-electron chi connectivity index (χ2n) is 9.27. The third kappa shape index (κ3) is 5.33. The van der Waals surface area contributed by atoms with E-state index in [2.05, 4.69) is 4.98 Å². The molecule has 1 aliphatic rings. The van der Waals surface area contributed by atoms with Crippen molar-refractivity contribution in [2.45, 2.75) is 44.1 Å². The Morgan fingerprint density at radius 2 is 1.59 bits per heavy atom. The molecule has 4 aromatic rings. The minimum absolute atomic E-state index is 0.111. The molecular weight excluding hydrogens is 498 g/mol. The molecule has 0 atom stereocenters. The van der Waals surface area contributed by atoms with Gasteiger partial charge in [-0.3, -0.25) is 4.98 Å². The summed E-state index contributed by atoms with van der Waals surface area (Å²) < 4.78 is 80.9. The monoisotopic (exact) mass is 518 g/mol. The van der Waals surface area contributed by atoms with Gasteiger partial charge >= 0.3 is 18.3 Å². The first-order valence-corrected chi connectivity index (χ1v) is 11.5. The predicted octanol–water partition coefficient (Wildman–Crippen LogP) is 7.29. The van der Waals surface area contributed by atoms with Gasteiger partial charge in [0.25, 0.3) is 0 Å². The predicted molar refractivity (Wildman–Crippen MR) is 123 cm³/mol. The Labute approximate surface area is 207 Å². The van der Waals surface area contributed by atoms with Gasteiger partial charge in [-0.1, -0.05) is 6.07 Å². The van der Waals surface area contributed by atoms with Crippen molar-refractivity contribution >= 4 is 16.9 Å². The quantitative estimate of drug-likeness (QED) is 0.273. The molecule has 10 heteroatoms. The molecule has 1 fully saturated rings. The second kappa shape index (κ2) is 8.93. The number of aromatic carboxylic acids is 1. The van der Waals surface area contributed by atoms with Crippen LogP contribution in [0, 0.1) is 0 Å². The van der Waals surface area contributed by atoms with Gasteiger partial charge in [-0.25, -0.2) is 4.79 Å². The van der Waals surface area contributed by atoms with E-state index in [1.807, 2.05) is 0 Å². The van der Waals surface area contributed by atoms with E-state index in [0.717, 1.165) is 36.1 Å². The Bertz CT molecular complexity index is 1470. The van der Waals surface area contributed by atoms with E-state index in [0.29, 0.717) is 22.5 Å². The number of rotatable bonds is 6. The molecule has 4 nitrogen and oxygen atoms in total. The molecule has 37 heavy (non-hydrogen) atoms. The van der Waals surface area contributed by atoms with Gasteiger partial charge in [0, 0.05) is 30.9 Å². The second-order valence-corrected chi connectivity index (χ2v) is 9.27. The highest BCUT2D eigenvalue weighted by molar-refractivity contribution is 5.89. The molecule has 2 aromatic heterocycles. The van der Waals surface area contributed by atoms with E-state index >= 15 is 0 Å². The SMILES string of the molecule is O=C(O)c1cc(C2CC2)cnc1Cc1ccc2c(ccn2Cc2cc(C(F)(F)F)cc(C(F)(F)F)c2)c1. The van der Waals surface area contributed by atoms with Gasteiger partial charge in [-0.05, 0) is 83.3 Å². The Balaban J connectivity index is 1.43. The van der Waals surface area contributed by atoms with Crippen LogP contribution < -0.4 is 0 Å². The summed E-state index contributed by atoms with van der Waals surface area (Å²) in [5.41, 5.74) is 0.0252. The number of carboxylic acid groups (broad SMARTS) is 1. The summed E-state index contributed by atoms with van der Waals surface area (Å²) in [7, 11) is 0. The van der Waals surface area contributed by atoms with E-state index in [4.69, 9.17) is 0 Å². The van der Waals surface area contributed by atoms with Gasteiger partial charge in [0.05, 0.1) is 22.4 Å². The Morgan fingerprint density at radius 3 is 2.19 bits per heavy atom. The fraction of sp³-hybridized carbons (Fsp3) is 0.259. The van der Waals surface area contributed by atoms with Gasteiger partial charge in [-0.2, -0.15) is 26.3 Å². The van der Waals surface area contributed by atoms with E-state index < -0.39 is 29.4 Å². The summed E-state index contributed by atoms with van der Waals surface area (Å²) in [4.78, 5) is 16.2. The summed E-state index contributed by atoms with van der Waals surface area (Å²) in [6.45, 7) is -0.191. The van der Waals surface area contributed by atoms with Crippen molar-refractivity contribution in [3.05, 3.63) is 100.0 Å². The molecule has 1 aliphatic carbocycles. The minimum Gasteiger partial charge on any atom is -0.478 e. The maximum Gasteiger partial charge on any atom is 0.416 e. The molecule has 2 heterocycles. The number of carbonyl (C=O) groups is 1. The molecule has 0 spiro atoms. The molecule has 0 unspecified atom stereocenters. The lowest BCUT2D eigenvalue weighted by Gasteiger charge is -2.15. The molecule has 0 bridgehead atoms. The van der Waals surface area contributed by atoms with E-state index in [1.165, 1.54) is 0 Å². The molecule has 1 saturated carbocycles. The number of halogens is 6. The highest BCUT2D eigenvalue weighted by Crippen LogP contribution is 2.40. The van der Waals surface area contributed by atoms with Crippen LogP contribution in [0.1, 0.15) is 62.6 Å². The Morgan fingerprint density at radius 1 is 0.919 bits per heavy atom. The van der Waals surface area contributed by atoms with Crippen molar-refractivity contribution in [2.75, 3.05) is 0 Å². The molecule has 2 aromatic carbocycles. The van der Waals surface area contributed by atoms with Gasteiger partial charge < -0.3 is 9.67 Å². The van der Waals surface area contributed by atoms with Gasteiger partial charge in [0.1, 0.15) is 0 Å². The van der Waals surface area contributed by atoms with Crippen molar-refractivity contribution in [1.82, 2.24) is 9.55 Å². The van der Waals surface area contributed by atoms with Crippen LogP contribution in [0.5, 0.6) is 0 Å². The number of pyridine rings is 1. The van der Waals surface area contributed by atoms with Crippen molar-refractivity contribution in [3.8, 4) is 0 Å². The molecule has 1 N–H and O–H groups in total. The van der Waals surface area contributed by atoms with Crippen molar-refractivity contribution in [3.63, 3.8) is 0 Å². The molecule has 0 amide bonds. The van der Waals surface area contributed by atoms with Gasteiger partial charge in [0.2, 0.25) is 0 Å². The van der Waals surface area contributed by atoms with Crippen LogP contribution in [0.25, 0.3) is 10.9 Å². The van der Waals surface area contributed by atoms with Gasteiger partial charge in [0.15, 0.2) is 0 Å². The molecule has 5 rings (SSSR count). The van der Waals surface area contributed by atoms with E-state index in [9.17, 15) is 36.2 Å². The molecule has 0 aliphatic heterocycles. The number of fused-ring (bicyclic) bond motifs is 1. The number of alkyl halides is 6. The lowest BCUT2D eigenvalue weighted by molar-refractivity contribution is -0.143. The number of hydrogen-bond donors (Lipinski definition) is 1. The fourth-order valence-corrected chi connectivity index (χ4v) is 4.47. The maximum atomic E-state index is 13.2. The van der Waals surface area contributed by atoms with Gasteiger partial charge in [-0.15, -0.1) is 0 Å². The average molecular weight is 518 g/mol. The number of carboxylic acids is 1. The van der Waals surface area contributed by atoms with Crippen molar-refractivity contribution < 1.29 is 36.2 Å². The zero-order valence-electron chi connectivity index (χ0n) is 19.2. The first kappa shape index (κ1) is 24.9. The lowest BCUT2D eigenvalue weighted by Crippen LogP contribution is -2.12. The normalized spacial score (nSPS) is 14.3. The first-order valence-electron chi connectivity index (χ1n) is 11.5. The molecular formula is C27H20F6N2O2. The van der Waals surface area contributed by atoms with Crippen LogP contribution in [-0.4, -0.2) is 20.6 Å². The topological polar surface area (TPSA) is 55.1 Å². The van der Waals surface area contributed by atoms with Crippen LogP contribution in [-0.2, 0) is 25.3 Å². The maximum absolute atomic E-state index is 13.2. The zero-order chi connectivity index (χ0) is 26.5. The average Bonchev–Trinajstić information content (AvgIpc) is 3.60. The Kier molecular flexibility index (Phi) is 6.00. The summed E-state index contributed by atoms with van der Waals surface area (Å²) >= 11 is 0. The number of hydrogen-bond acceptors (Lipinski definition) is 2. The van der Waals surface area contributed by atoms with Crippen molar-refractivity contribution in [2.24, 2.45) is 0 Å². The standard InChI is InChI=1S/C27H20F6N2O2/c28-26(29,30)20-8-16(9-21(12-20)27(31,32)33)14-35-6-5-18-7-15(1-4-24(18)35)10-23-22(25(36)37)11-19(13-34-23)17-2-3-17/h1,4-9,11-13,17H,2-3,10,14H2,(H,36,37). The van der Waals surface area contributed by atoms with E-state index in [-0.39, 0.29) is 30.2 Å². The van der Waals surface area contributed by atoms with Crippen LogP contribution >= 0.6 is 0 Å². The highest BCUT2D eigenvalue weighted by Gasteiger charge is 2.37. The third-order valence-electron chi connectivity index (χ3n) is 6.48. The van der Waals surface area contributed by atoms with Crippen LogP contribution in [0.15, 0.2) is 60.9 Å². The van der Waals surface area contributed by atoms with Crippen LogP contribution in [0.3, 0.4) is 0 Å². The molecule has 192 valence electrons. The van der Waals surface area contributed by atoms with Crippen LogP contribution in [0.4, 0.5) is 26.3 Å². The summed E-state index contributed by atoms with van der Waals surface area (Å²) in [6.07, 6.45) is -4.23. The zero-order valence-corrected chi connectivity index (χ0v) is 19.2. The smallest absolute Gasteiger partial charge is 0.416 e.